The first-order chi connectivity index (χ1) is 11.7. The Morgan fingerprint density at radius 2 is 1.68 bits per heavy atom. The number of nitrogens with zero attached hydrogens (tertiary/aromatic N) is 2. The molecule has 0 spiro atoms. The van der Waals surface area contributed by atoms with Gasteiger partial charge in [-0.2, -0.15) is 9.80 Å². The van der Waals surface area contributed by atoms with Gasteiger partial charge in [0.05, 0.1) is 6.42 Å². The number of piperidine rings is 1. The van der Waals surface area contributed by atoms with E-state index in [1.165, 1.54) is 0 Å². The summed E-state index contributed by atoms with van der Waals surface area (Å²) in [5.74, 6) is 0.148. The summed E-state index contributed by atoms with van der Waals surface area (Å²) >= 11 is 6.31. The average molecular weight is 365 g/mol. The van der Waals surface area contributed by atoms with Crippen LogP contribution in [-0.2, 0) is 4.84 Å². The van der Waals surface area contributed by atoms with Crippen molar-refractivity contribution in [2.45, 2.75) is 76.6 Å². The number of rotatable bonds is 4. The molecular formula is C20H29ClN2O2. The average Bonchev–Trinajstić information content (AvgIpc) is 2.89. The third-order valence-electron chi connectivity index (χ3n) is 5.62. The highest BCUT2D eigenvalue weighted by Gasteiger charge is 2.54. The molecule has 0 radical (unpaired) electrons. The van der Waals surface area contributed by atoms with Gasteiger partial charge in [-0.15, -0.1) is 11.6 Å². The van der Waals surface area contributed by atoms with E-state index in [0.717, 1.165) is 35.3 Å². The minimum absolute atomic E-state index is 0.128. The van der Waals surface area contributed by atoms with Crippen molar-refractivity contribution in [2.75, 3.05) is 5.88 Å². The Hall–Kier alpha value is -1.10. The first kappa shape index (κ1) is 18.7. The molecule has 2 aliphatic rings. The van der Waals surface area contributed by atoms with Crippen molar-refractivity contribution in [2.24, 2.45) is 0 Å². The summed E-state index contributed by atoms with van der Waals surface area (Å²) in [7, 11) is 0. The van der Waals surface area contributed by atoms with E-state index in [9.17, 15) is 5.21 Å². The van der Waals surface area contributed by atoms with Crippen molar-refractivity contribution >= 4 is 17.3 Å². The van der Waals surface area contributed by atoms with Crippen LogP contribution < -0.4 is 0 Å². The Kier molecular flexibility index (Phi) is 4.91. The Morgan fingerprint density at radius 3 is 2.24 bits per heavy atom. The van der Waals surface area contributed by atoms with E-state index in [4.69, 9.17) is 16.4 Å². The van der Waals surface area contributed by atoms with Gasteiger partial charge in [0.2, 0.25) is 0 Å². The standard InChI is InChI=1S/C20H29ClN2O2/c1-18(2)12-8-13-19(3,4)23(18)25-20(15-21)14-11-17(22(20)24)16-9-6-5-7-10-16/h5-7,9-10H,8,11-15H2,1-4H3. The molecule has 1 saturated heterocycles. The molecule has 2 heterocycles. The third-order valence-corrected chi connectivity index (χ3v) is 6.04. The molecule has 0 saturated carbocycles. The number of benzene rings is 1. The zero-order valence-corrected chi connectivity index (χ0v) is 16.5. The van der Waals surface area contributed by atoms with Gasteiger partial charge in [0.15, 0.2) is 5.71 Å². The molecule has 1 aromatic carbocycles. The van der Waals surface area contributed by atoms with E-state index in [1.807, 2.05) is 35.4 Å². The highest BCUT2D eigenvalue weighted by molar-refractivity contribution is 6.18. The Labute approximate surface area is 156 Å². The van der Waals surface area contributed by atoms with E-state index >= 15 is 0 Å². The SMILES string of the molecule is CC1(C)CCCC(C)(C)N1OC1(CCl)CCC(c2ccccc2)=[N+]1[O-]. The third kappa shape index (κ3) is 3.32. The summed E-state index contributed by atoms with van der Waals surface area (Å²) in [6.07, 6.45) is 4.53. The molecule has 4 nitrogen and oxygen atoms in total. The summed E-state index contributed by atoms with van der Waals surface area (Å²) in [5, 5.41) is 15.2. The van der Waals surface area contributed by atoms with Crippen LogP contribution in [0.2, 0.25) is 0 Å². The van der Waals surface area contributed by atoms with Crippen LogP contribution in [-0.4, -0.2) is 38.2 Å². The van der Waals surface area contributed by atoms with Crippen LogP contribution in [0.15, 0.2) is 30.3 Å². The van der Waals surface area contributed by atoms with E-state index in [2.05, 4.69) is 27.7 Å². The fourth-order valence-corrected chi connectivity index (χ4v) is 4.57. The molecule has 1 unspecified atom stereocenters. The van der Waals surface area contributed by atoms with Gasteiger partial charge in [-0.1, -0.05) is 18.2 Å². The molecule has 0 aromatic heterocycles. The Balaban J connectivity index is 1.95. The van der Waals surface area contributed by atoms with Gasteiger partial charge in [0, 0.05) is 23.1 Å². The lowest BCUT2D eigenvalue weighted by molar-refractivity contribution is -0.631. The van der Waals surface area contributed by atoms with Crippen LogP contribution >= 0.6 is 11.6 Å². The predicted molar refractivity (Wildman–Crippen MR) is 102 cm³/mol. The van der Waals surface area contributed by atoms with Gasteiger partial charge in [-0.05, 0) is 59.1 Å². The van der Waals surface area contributed by atoms with Gasteiger partial charge >= 0.3 is 5.72 Å². The molecule has 0 bridgehead atoms. The Morgan fingerprint density at radius 1 is 1.08 bits per heavy atom. The lowest BCUT2D eigenvalue weighted by Gasteiger charge is -2.52. The predicted octanol–water partition coefficient (Wildman–Crippen LogP) is 4.69. The number of hydrogen-bond acceptors (Lipinski definition) is 3. The molecule has 3 rings (SSSR count). The van der Waals surface area contributed by atoms with Crippen LogP contribution in [0.1, 0.15) is 65.4 Å². The first-order valence-corrected chi connectivity index (χ1v) is 9.69. The highest BCUT2D eigenvalue weighted by Crippen LogP contribution is 2.42. The zero-order chi connectivity index (χ0) is 18.3. The highest BCUT2D eigenvalue weighted by atomic mass is 35.5. The van der Waals surface area contributed by atoms with Crippen LogP contribution in [0.5, 0.6) is 0 Å². The summed E-state index contributed by atoms with van der Waals surface area (Å²) in [6, 6.07) is 9.81. The van der Waals surface area contributed by atoms with Crippen molar-refractivity contribution in [3.05, 3.63) is 41.1 Å². The lowest BCUT2D eigenvalue weighted by atomic mass is 9.82. The minimum Gasteiger partial charge on any atom is -0.621 e. The zero-order valence-electron chi connectivity index (χ0n) is 15.7. The van der Waals surface area contributed by atoms with Crippen molar-refractivity contribution in [1.29, 1.82) is 0 Å². The molecule has 0 N–H and O–H groups in total. The van der Waals surface area contributed by atoms with Gasteiger partial charge in [0.25, 0.3) is 0 Å². The van der Waals surface area contributed by atoms with Crippen LogP contribution in [0.3, 0.4) is 0 Å². The summed E-state index contributed by atoms with van der Waals surface area (Å²) < 4.78 is 1.02. The van der Waals surface area contributed by atoms with Gasteiger partial charge in [0.1, 0.15) is 5.88 Å². The second kappa shape index (κ2) is 6.57. The first-order valence-electron chi connectivity index (χ1n) is 9.16. The molecule has 1 atom stereocenters. The number of alkyl halides is 1. The van der Waals surface area contributed by atoms with E-state index < -0.39 is 5.72 Å². The maximum atomic E-state index is 13.2. The monoisotopic (exact) mass is 364 g/mol. The second-order valence-electron chi connectivity index (χ2n) is 8.55. The maximum absolute atomic E-state index is 13.2. The van der Waals surface area contributed by atoms with Gasteiger partial charge in [-0.25, -0.2) is 4.84 Å². The second-order valence-corrected chi connectivity index (χ2v) is 8.82. The van der Waals surface area contributed by atoms with Crippen LogP contribution in [0.25, 0.3) is 0 Å². The van der Waals surface area contributed by atoms with Crippen LogP contribution in [0, 0.1) is 5.21 Å². The molecule has 1 aromatic rings. The summed E-state index contributed by atoms with van der Waals surface area (Å²) in [6.45, 7) is 8.73. The van der Waals surface area contributed by atoms with E-state index in [0.29, 0.717) is 12.8 Å². The fourth-order valence-electron chi connectivity index (χ4n) is 4.28. The quantitative estimate of drug-likeness (QED) is 0.442. The Bertz CT molecular complexity index is 641. The smallest absolute Gasteiger partial charge is 0.307 e. The number of halogens is 1. The summed E-state index contributed by atoms with van der Waals surface area (Å²) in [5.41, 5.74) is 0.423. The number of hydrogen-bond donors (Lipinski definition) is 0. The molecule has 2 aliphatic heterocycles. The fraction of sp³-hybridized carbons (Fsp3) is 0.650. The van der Waals surface area contributed by atoms with Crippen LogP contribution in [0.4, 0.5) is 0 Å². The van der Waals surface area contributed by atoms with E-state index in [-0.39, 0.29) is 17.0 Å². The molecule has 138 valence electrons. The molecule has 0 aliphatic carbocycles. The minimum atomic E-state index is -1.03. The lowest BCUT2D eigenvalue weighted by Crippen LogP contribution is -2.62. The van der Waals surface area contributed by atoms with Crippen molar-refractivity contribution in [3.8, 4) is 0 Å². The molecule has 25 heavy (non-hydrogen) atoms. The van der Waals surface area contributed by atoms with E-state index in [1.54, 1.807) is 0 Å². The maximum Gasteiger partial charge on any atom is 0.307 e. The van der Waals surface area contributed by atoms with Gasteiger partial charge < -0.3 is 5.21 Å². The van der Waals surface area contributed by atoms with Crippen molar-refractivity contribution in [3.63, 3.8) is 0 Å². The molecule has 5 heteroatoms. The molecular weight excluding hydrogens is 336 g/mol. The van der Waals surface area contributed by atoms with Gasteiger partial charge in [-0.3, -0.25) is 0 Å². The molecule has 0 amide bonds. The number of hydroxylamine groups is 3. The molecule has 1 fully saturated rings. The largest absolute Gasteiger partial charge is 0.621 e. The van der Waals surface area contributed by atoms with Crippen molar-refractivity contribution < 1.29 is 9.58 Å². The normalized spacial score (nSPS) is 29.2. The summed E-state index contributed by atoms with van der Waals surface area (Å²) in [4.78, 5) is 6.48. The van der Waals surface area contributed by atoms with Crippen molar-refractivity contribution in [1.82, 2.24) is 5.06 Å². The topological polar surface area (TPSA) is 38.5 Å².